The van der Waals surface area contributed by atoms with Crippen LogP contribution >= 0.6 is 0 Å². The second-order valence-corrected chi connectivity index (χ2v) is 7.23. The maximum Gasteiger partial charge on any atom is 0.279 e. The summed E-state index contributed by atoms with van der Waals surface area (Å²) in [6.45, 7) is 5.55. The molecule has 0 saturated carbocycles. The van der Waals surface area contributed by atoms with Gasteiger partial charge in [0.25, 0.3) is 5.91 Å². The molecule has 1 amide bonds. The number of hydrogen-bond donors (Lipinski definition) is 2. The quantitative estimate of drug-likeness (QED) is 0.823. The molecule has 1 fully saturated rings. The van der Waals surface area contributed by atoms with Crippen molar-refractivity contribution >= 4 is 11.6 Å². The van der Waals surface area contributed by atoms with Crippen molar-refractivity contribution in [3.63, 3.8) is 0 Å². The molecule has 27 heavy (non-hydrogen) atoms. The number of carbonyl (C=O) groups excluding carboxylic acids is 1. The summed E-state index contributed by atoms with van der Waals surface area (Å²) in [5.41, 5.74) is 4.38. The van der Waals surface area contributed by atoms with Crippen LogP contribution in [0.15, 0.2) is 36.4 Å². The van der Waals surface area contributed by atoms with Crippen LogP contribution in [-0.2, 0) is 4.79 Å². The summed E-state index contributed by atoms with van der Waals surface area (Å²) in [6.07, 6.45) is 2.13. The first-order valence-corrected chi connectivity index (χ1v) is 9.45. The zero-order chi connectivity index (χ0) is 19.4. The summed E-state index contributed by atoms with van der Waals surface area (Å²) in [6, 6.07) is 12.1. The smallest absolute Gasteiger partial charge is 0.279 e. The molecule has 2 aromatic rings. The third kappa shape index (κ3) is 4.42. The molecule has 0 spiro atoms. The summed E-state index contributed by atoms with van der Waals surface area (Å²) < 4.78 is 10.9. The third-order valence-corrected chi connectivity index (χ3v) is 5.47. The number of aryl methyl sites for hydroxylation is 2. The van der Waals surface area contributed by atoms with Crippen LogP contribution in [0.1, 0.15) is 35.6 Å². The Labute approximate surface area is 161 Å². The summed E-state index contributed by atoms with van der Waals surface area (Å²) >= 11 is 0. The van der Waals surface area contributed by atoms with Gasteiger partial charge in [0.15, 0.2) is 6.54 Å². The maximum atomic E-state index is 12.6. The molecule has 5 heteroatoms. The molecule has 0 bridgehead atoms. The zero-order valence-corrected chi connectivity index (χ0v) is 16.6. The van der Waals surface area contributed by atoms with Gasteiger partial charge in [-0.1, -0.05) is 6.07 Å². The predicted molar refractivity (Wildman–Crippen MR) is 107 cm³/mol. The number of hydrogen-bond acceptors (Lipinski definition) is 3. The molecule has 1 saturated heterocycles. The second kappa shape index (κ2) is 8.44. The van der Waals surface area contributed by atoms with E-state index in [1.165, 1.54) is 16.0 Å². The van der Waals surface area contributed by atoms with Gasteiger partial charge in [-0.3, -0.25) is 4.79 Å². The highest BCUT2D eigenvalue weighted by Crippen LogP contribution is 2.31. The van der Waals surface area contributed by atoms with E-state index in [1.807, 2.05) is 36.4 Å². The number of methoxy groups -OCH3 is 2. The van der Waals surface area contributed by atoms with Gasteiger partial charge in [0.05, 0.1) is 26.3 Å². The number of amides is 1. The number of rotatable bonds is 6. The lowest BCUT2D eigenvalue weighted by atomic mass is 10.0. The minimum absolute atomic E-state index is 0.0435. The van der Waals surface area contributed by atoms with Gasteiger partial charge in [-0.2, -0.15) is 0 Å². The van der Waals surface area contributed by atoms with Gasteiger partial charge in [0, 0.05) is 18.5 Å². The van der Waals surface area contributed by atoms with E-state index < -0.39 is 0 Å². The van der Waals surface area contributed by atoms with Gasteiger partial charge < -0.3 is 19.7 Å². The zero-order valence-electron chi connectivity index (χ0n) is 16.6. The van der Waals surface area contributed by atoms with E-state index in [4.69, 9.17) is 9.47 Å². The first-order valence-electron chi connectivity index (χ1n) is 9.45. The van der Waals surface area contributed by atoms with Crippen LogP contribution in [0, 0.1) is 13.8 Å². The number of benzene rings is 2. The van der Waals surface area contributed by atoms with E-state index in [-0.39, 0.29) is 11.9 Å². The fourth-order valence-electron chi connectivity index (χ4n) is 3.84. The van der Waals surface area contributed by atoms with Gasteiger partial charge in [-0.25, -0.2) is 0 Å². The van der Waals surface area contributed by atoms with Gasteiger partial charge >= 0.3 is 0 Å². The normalized spacial score (nSPS) is 19.0. The molecule has 1 aliphatic heterocycles. The summed E-state index contributed by atoms with van der Waals surface area (Å²) in [7, 11) is 3.36. The molecule has 1 aliphatic rings. The van der Waals surface area contributed by atoms with Crippen molar-refractivity contribution in [2.75, 3.05) is 32.6 Å². The Hall–Kier alpha value is -2.53. The molecular formula is C22H29N2O3+. The first-order chi connectivity index (χ1) is 13.0. The highest BCUT2D eigenvalue weighted by Gasteiger charge is 2.34. The molecule has 144 valence electrons. The number of ether oxygens (including phenoxy) is 2. The monoisotopic (exact) mass is 369 g/mol. The van der Waals surface area contributed by atoms with E-state index in [0.717, 1.165) is 42.1 Å². The van der Waals surface area contributed by atoms with Gasteiger partial charge in [-0.05, 0) is 55.3 Å². The van der Waals surface area contributed by atoms with Crippen LogP contribution in [0.3, 0.4) is 0 Å². The van der Waals surface area contributed by atoms with E-state index in [0.29, 0.717) is 6.54 Å². The lowest BCUT2D eigenvalue weighted by molar-refractivity contribution is -0.910. The summed E-state index contributed by atoms with van der Waals surface area (Å²) in [5, 5.41) is 3.04. The minimum atomic E-state index is 0.0435. The Bertz CT molecular complexity index is 819. The van der Waals surface area contributed by atoms with Gasteiger partial charge in [0.2, 0.25) is 0 Å². The molecule has 3 rings (SSSR count). The lowest BCUT2D eigenvalue weighted by Crippen LogP contribution is -3.11. The molecule has 0 radical (unpaired) electrons. The fraction of sp³-hybridized carbons (Fsp3) is 0.409. The molecule has 5 nitrogen and oxygen atoms in total. The SMILES string of the molecule is COc1ccc(OC)c([C@H]2CCC[NH+]2CC(=O)Nc2ccc(C)c(C)c2)c1. The molecule has 1 heterocycles. The van der Waals surface area contributed by atoms with Crippen molar-refractivity contribution in [3.05, 3.63) is 53.1 Å². The van der Waals surface area contributed by atoms with Crippen molar-refractivity contribution in [1.29, 1.82) is 0 Å². The number of nitrogens with one attached hydrogen (secondary N) is 2. The van der Waals surface area contributed by atoms with E-state index in [2.05, 4.69) is 19.2 Å². The van der Waals surface area contributed by atoms with E-state index in [9.17, 15) is 4.79 Å². The minimum Gasteiger partial charge on any atom is -0.497 e. The average Bonchev–Trinajstić information content (AvgIpc) is 3.11. The number of likely N-dealkylation sites (tertiary alicyclic amines) is 1. The Balaban J connectivity index is 1.73. The van der Waals surface area contributed by atoms with E-state index >= 15 is 0 Å². The largest absolute Gasteiger partial charge is 0.497 e. The van der Waals surface area contributed by atoms with Crippen molar-refractivity contribution in [3.8, 4) is 11.5 Å². The van der Waals surface area contributed by atoms with Crippen LogP contribution in [-0.4, -0.2) is 33.2 Å². The molecule has 2 aromatic carbocycles. The average molecular weight is 369 g/mol. The maximum absolute atomic E-state index is 12.6. The molecular weight excluding hydrogens is 340 g/mol. The third-order valence-electron chi connectivity index (χ3n) is 5.47. The van der Waals surface area contributed by atoms with Crippen molar-refractivity contribution < 1.29 is 19.2 Å². The molecule has 0 aliphatic carbocycles. The molecule has 1 unspecified atom stereocenters. The first kappa shape index (κ1) is 19.2. The van der Waals surface area contributed by atoms with Crippen LogP contribution in [0.25, 0.3) is 0 Å². The predicted octanol–water partition coefficient (Wildman–Crippen LogP) is 2.68. The van der Waals surface area contributed by atoms with Crippen molar-refractivity contribution in [1.82, 2.24) is 0 Å². The Morgan fingerprint density at radius 1 is 1.11 bits per heavy atom. The van der Waals surface area contributed by atoms with Crippen LogP contribution in [0.2, 0.25) is 0 Å². The topological polar surface area (TPSA) is 52.0 Å². The standard InChI is InChI=1S/C22H28N2O3/c1-15-7-8-17(12-16(15)2)23-22(25)14-24-11-5-6-20(24)19-13-18(26-3)9-10-21(19)27-4/h7-10,12-13,20H,5-6,11,14H2,1-4H3,(H,23,25)/p+1/t20-/m1/s1. The number of anilines is 1. The van der Waals surface area contributed by atoms with Gasteiger partial charge in [-0.15, -0.1) is 0 Å². The summed E-state index contributed by atoms with van der Waals surface area (Å²) in [5.74, 6) is 1.72. The van der Waals surface area contributed by atoms with E-state index in [1.54, 1.807) is 14.2 Å². The summed E-state index contributed by atoms with van der Waals surface area (Å²) in [4.78, 5) is 13.9. The second-order valence-electron chi connectivity index (χ2n) is 7.23. The highest BCUT2D eigenvalue weighted by atomic mass is 16.5. The Morgan fingerprint density at radius 3 is 2.63 bits per heavy atom. The van der Waals surface area contributed by atoms with Crippen LogP contribution in [0.5, 0.6) is 11.5 Å². The molecule has 0 aromatic heterocycles. The highest BCUT2D eigenvalue weighted by molar-refractivity contribution is 5.91. The molecule has 2 atom stereocenters. The lowest BCUT2D eigenvalue weighted by Gasteiger charge is -2.23. The van der Waals surface area contributed by atoms with Gasteiger partial charge in [0.1, 0.15) is 17.5 Å². The van der Waals surface area contributed by atoms with Crippen molar-refractivity contribution in [2.24, 2.45) is 0 Å². The Kier molecular flexibility index (Phi) is 6.01. The number of carbonyl (C=O) groups is 1. The number of quaternary nitrogens is 1. The fourth-order valence-corrected chi connectivity index (χ4v) is 3.84. The van der Waals surface area contributed by atoms with Crippen molar-refractivity contribution in [2.45, 2.75) is 32.7 Å². The van der Waals surface area contributed by atoms with Crippen LogP contribution < -0.4 is 19.7 Å². The van der Waals surface area contributed by atoms with Crippen LogP contribution in [0.4, 0.5) is 5.69 Å². The molecule has 2 N–H and O–H groups in total. The Morgan fingerprint density at radius 2 is 1.93 bits per heavy atom.